The van der Waals surface area contributed by atoms with E-state index in [-0.39, 0.29) is 11.4 Å². The van der Waals surface area contributed by atoms with Crippen molar-refractivity contribution >= 4 is 11.8 Å². The molecule has 2 N–H and O–H groups in total. The standard InChI is InChI=1S/C11H15NO2S/c1-14-8-2-4-9(5-3-8)15-11-7-12-6-10(11)13/h2-5,10-13H,6-7H2,1H3. The molecule has 0 aliphatic carbocycles. The van der Waals surface area contributed by atoms with E-state index in [0.29, 0.717) is 6.54 Å². The Labute approximate surface area is 93.8 Å². The molecule has 82 valence electrons. The lowest BCUT2D eigenvalue weighted by molar-refractivity contribution is 0.201. The van der Waals surface area contributed by atoms with E-state index < -0.39 is 0 Å². The van der Waals surface area contributed by atoms with Gasteiger partial charge in [0.2, 0.25) is 0 Å². The Morgan fingerprint density at radius 1 is 1.33 bits per heavy atom. The van der Waals surface area contributed by atoms with Gasteiger partial charge in [0.25, 0.3) is 0 Å². The molecule has 0 aromatic heterocycles. The highest BCUT2D eigenvalue weighted by Gasteiger charge is 2.25. The molecule has 1 aromatic rings. The maximum absolute atomic E-state index is 9.64. The van der Waals surface area contributed by atoms with Crippen LogP contribution in [0.5, 0.6) is 5.75 Å². The van der Waals surface area contributed by atoms with Crippen molar-refractivity contribution in [2.24, 2.45) is 0 Å². The molecule has 4 heteroatoms. The summed E-state index contributed by atoms with van der Waals surface area (Å²) in [5.41, 5.74) is 0. The van der Waals surface area contributed by atoms with E-state index in [9.17, 15) is 5.11 Å². The molecule has 2 rings (SSSR count). The average Bonchev–Trinajstić information content (AvgIpc) is 2.66. The number of thioether (sulfide) groups is 1. The second-order valence-corrected chi connectivity index (χ2v) is 4.87. The predicted octanol–water partition coefficient (Wildman–Crippen LogP) is 1.12. The molecule has 1 aromatic carbocycles. The zero-order valence-corrected chi connectivity index (χ0v) is 9.46. The summed E-state index contributed by atoms with van der Waals surface area (Å²) in [6.45, 7) is 1.58. The fraction of sp³-hybridized carbons (Fsp3) is 0.455. The van der Waals surface area contributed by atoms with E-state index in [1.807, 2.05) is 24.3 Å². The smallest absolute Gasteiger partial charge is 0.118 e. The van der Waals surface area contributed by atoms with Crippen LogP contribution in [0.1, 0.15) is 0 Å². The maximum Gasteiger partial charge on any atom is 0.118 e. The Morgan fingerprint density at radius 2 is 2.07 bits per heavy atom. The second kappa shape index (κ2) is 4.88. The fourth-order valence-corrected chi connectivity index (χ4v) is 2.69. The molecule has 1 aliphatic rings. The molecule has 15 heavy (non-hydrogen) atoms. The van der Waals surface area contributed by atoms with Crippen LogP contribution in [0.25, 0.3) is 0 Å². The second-order valence-electron chi connectivity index (χ2n) is 3.56. The molecular formula is C11H15NO2S. The van der Waals surface area contributed by atoms with Crippen molar-refractivity contribution in [2.75, 3.05) is 20.2 Å². The van der Waals surface area contributed by atoms with Gasteiger partial charge in [-0.3, -0.25) is 0 Å². The van der Waals surface area contributed by atoms with Crippen molar-refractivity contribution in [3.8, 4) is 5.75 Å². The SMILES string of the molecule is COc1ccc(SC2CNCC2O)cc1. The highest BCUT2D eigenvalue weighted by Crippen LogP contribution is 2.28. The van der Waals surface area contributed by atoms with Crippen LogP contribution < -0.4 is 10.1 Å². The third-order valence-corrected chi connectivity index (χ3v) is 3.80. The number of rotatable bonds is 3. The van der Waals surface area contributed by atoms with Crippen molar-refractivity contribution < 1.29 is 9.84 Å². The minimum atomic E-state index is -0.239. The van der Waals surface area contributed by atoms with Gasteiger partial charge in [-0.1, -0.05) is 0 Å². The first-order valence-corrected chi connectivity index (χ1v) is 5.87. The maximum atomic E-state index is 9.64. The lowest BCUT2D eigenvalue weighted by Gasteiger charge is -2.12. The van der Waals surface area contributed by atoms with Gasteiger partial charge in [-0.05, 0) is 24.3 Å². The highest BCUT2D eigenvalue weighted by atomic mass is 32.2. The Morgan fingerprint density at radius 3 is 2.60 bits per heavy atom. The number of benzene rings is 1. The molecule has 0 saturated carbocycles. The first-order valence-electron chi connectivity index (χ1n) is 4.99. The normalized spacial score (nSPS) is 25.5. The summed E-state index contributed by atoms with van der Waals surface area (Å²) in [6.07, 6.45) is -0.239. The molecule has 0 radical (unpaired) electrons. The Balaban J connectivity index is 1.98. The Bertz CT molecular complexity index is 315. The Kier molecular flexibility index (Phi) is 3.51. The van der Waals surface area contributed by atoms with Crippen molar-refractivity contribution in [3.63, 3.8) is 0 Å². The van der Waals surface area contributed by atoms with Crippen LogP contribution >= 0.6 is 11.8 Å². The molecule has 1 saturated heterocycles. The summed E-state index contributed by atoms with van der Waals surface area (Å²) in [7, 11) is 1.66. The fourth-order valence-electron chi connectivity index (χ4n) is 1.59. The lowest BCUT2D eigenvalue weighted by atomic mass is 10.3. The average molecular weight is 225 g/mol. The van der Waals surface area contributed by atoms with Crippen LogP contribution in [-0.2, 0) is 0 Å². The molecule has 2 atom stereocenters. The summed E-state index contributed by atoms with van der Waals surface area (Å²) in [5, 5.41) is 13.1. The van der Waals surface area contributed by atoms with Gasteiger partial charge in [0.1, 0.15) is 5.75 Å². The van der Waals surface area contributed by atoms with E-state index >= 15 is 0 Å². The molecule has 1 fully saturated rings. The van der Waals surface area contributed by atoms with Crippen LogP contribution in [-0.4, -0.2) is 36.7 Å². The molecule has 2 unspecified atom stereocenters. The van der Waals surface area contributed by atoms with Gasteiger partial charge in [0, 0.05) is 23.2 Å². The van der Waals surface area contributed by atoms with Crippen molar-refractivity contribution in [1.29, 1.82) is 0 Å². The molecule has 0 amide bonds. The molecule has 1 heterocycles. The number of hydrogen-bond donors (Lipinski definition) is 2. The number of β-amino-alcohol motifs (C(OH)–C–C–N with tert-alkyl or cyclic N) is 1. The third-order valence-electron chi connectivity index (χ3n) is 2.48. The predicted molar refractivity (Wildman–Crippen MR) is 61.5 cm³/mol. The Hall–Kier alpha value is -0.710. The molecule has 1 aliphatic heterocycles. The van der Waals surface area contributed by atoms with Gasteiger partial charge in [-0.25, -0.2) is 0 Å². The van der Waals surface area contributed by atoms with Gasteiger partial charge in [-0.15, -0.1) is 11.8 Å². The molecule has 3 nitrogen and oxygen atoms in total. The van der Waals surface area contributed by atoms with E-state index in [2.05, 4.69) is 5.32 Å². The highest BCUT2D eigenvalue weighted by molar-refractivity contribution is 8.00. The van der Waals surface area contributed by atoms with E-state index in [0.717, 1.165) is 12.3 Å². The monoisotopic (exact) mass is 225 g/mol. The van der Waals surface area contributed by atoms with Crippen LogP contribution in [0, 0.1) is 0 Å². The van der Waals surface area contributed by atoms with E-state index in [1.165, 1.54) is 4.90 Å². The topological polar surface area (TPSA) is 41.5 Å². The summed E-state index contributed by atoms with van der Waals surface area (Å²) < 4.78 is 5.09. The number of ether oxygens (including phenoxy) is 1. The number of methoxy groups -OCH3 is 1. The number of hydrogen-bond acceptors (Lipinski definition) is 4. The molecule has 0 bridgehead atoms. The van der Waals surface area contributed by atoms with Crippen LogP contribution in [0.15, 0.2) is 29.2 Å². The van der Waals surface area contributed by atoms with Crippen molar-refractivity contribution in [1.82, 2.24) is 5.32 Å². The quantitative estimate of drug-likeness (QED) is 0.809. The third kappa shape index (κ3) is 2.65. The van der Waals surface area contributed by atoms with E-state index in [1.54, 1.807) is 18.9 Å². The van der Waals surface area contributed by atoms with Gasteiger partial charge >= 0.3 is 0 Å². The summed E-state index contributed by atoms with van der Waals surface area (Å²) in [4.78, 5) is 1.17. The van der Waals surface area contributed by atoms with Gasteiger partial charge in [-0.2, -0.15) is 0 Å². The molecular weight excluding hydrogens is 210 g/mol. The van der Waals surface area contributed by atoms with Crippen molar-refractivity contribution in [3.05, 3.63) is 24.3 Å². The van der Waals surface area contributed by atoms with Crippen LogP contribution in [0.2, 0.25) is 0 Å². The minimum absolute atomic E-state index is 0.239. The summed E-state index contributed by atoms with van der Waals surface area (Å²) in [5.74, 6) is 0.865. The van der Waals surface area contributed by atoms with Gasteiger partial charge in [0.05, 0.1) is 13.2 Å². The number of aliphatic hydroxyl groups is 1. The number of nitrogens with one attached hydrogen (secondary N) is 1. The van der Waals surface area contributed by atoms with Crippen LogP contribution in [0.3, 0.4) is 0 Å². The molecule has 0 spiro atoms. The first kappa shape index (κ1) is 10.8. The summed E-state index contributed by atoms with van der Waals surface area (Å²) in [6, 6.07) is 7.93. The zero-order valence-electron chi connectivity index (χ0n) is 8.64. The van der Waals surface area contributed by atoms with E-state index in [4.69, 9.17) is 4.74 Å². The summed E-state index contributed by atoms with van der Waals surface area (Å²) >= 11 is 1.71. The lowest BCUT2D eigenvalue weighted by Crippen LogP contribution is -2.19. The van der Waals surface area contributed by atoms with Gasteiger partial charge in [0.15, 0.2) is 0 Å². The van der Waals surface area contributed by atoms with Crippen LogP contribution in [0.4, 0.5) is 0 Å². The number of aliphatic hydroxyl groups excluding tert-OH is 1. The van der Waals surface area contributed by atoms with Gasteiger partial charge < -0.3 is 15.2 Å². The largest absolute Gasteiger partial charge is 0.497 e. The minimum Gasteiger partial charge on any atom is -0.497 e. The van der Waals surface area contributed by atoms with Crippen molar-refractivity contribution in [2.45, 2.75) is 16.2 Å². The zero-order chi connectivity index (χ0) is 10.7. The first-order chi connectivity index (χ1) is 7.29.